The first-order chi connectivity index (χ1) is 9.22. The minimum absolute atomic E-state index is 0.181. The van der Waals surface area contributed by atoms with E-state index in [1.165, 1.54) is 0 Å². The summed E-state index contributed by atoms with van der Waals surface area (Å²) in [5.74, 6) is 0.671. The van der Waals surface area contributed by atoms with Gasteiger partial charge in [0.1, 0.15) is 0 Å². The number of thioether (sulfide) groups is 1. The molecular weight excluding hydrogens is 282 g/mol. The Morgan fingerprint density at radius 3 is 3.00 bits per heavy atom. The van der Waals surface area contributed by atoms with E-state index in [0.717, 1.165) is 33.1 Å². The summed E-state index contributed by atoms with van der Waals surface area (Å²) in [7, 11) is 0. The molecule has 0 aliphatic rings. The quantitative estimate of drug-likeness (QED) is 0.450. The third-order valence-corrected chi connectivity index (χ3v) is 4.44. The zero-order chi connectivity index (χ0) is 13.2. The molecule has 3 aromatic rings. The summed E-state index contributed by atoms with van der Waals surface area (Å²) in [5.41, 5.74) is 2.88. The van der Waals surface area contributed by atoms with Gasteiger partial charge >= 0.3 is 5.00 Å². The molecule has 0 spiro atoms. The minimum atomic E-state index is -0.361. The molecule has 0 atom stereocenters. The number of aromatic nitrogens is 2. The van der Waals surface area contributed by atoms with Crippen molar-refractivity contribution in [3.05, 3.63) is 51.4 Å². The van der Waals surface area contributed by atoms with Crippen molar-refractivity contribution >= 4 is 39.1 Å². The van der Waals surface area contributed by atoms with E-state index in [2.05, 4.69) is 9.97 Å². The zero-order valence-corrected chi connectivity index (χ0v) is 11.3. The van der Waals surface area contributed by atoms with Gasteiger partial charge in [-0.15, -0.1) is 0 Å². The van der Waals surface area contributed by atoms with Crippen LogP contribution in [-0.2, 0) is 5.75 Å². The second kappa shape index (κ2) is 5.02. The van der Waals surface area contributed by atoms with Crippen LogP contribution in [0.2, 0.25) is 0 Å². The second-order valence-electron chi connectivity index (χ2n) is 3.90. The molecule has 0 bridgehead atoms. The Morgan fingerprint density at radius 1 is 1.42 bits per heavy atom. The summed E-state index contributed by atoms with van der Waals surface area (Å²) in [6, 6.07) is 9.44. The van der Waals surface area contributed by atoms with Crippen LogP contribution in [0, 0.1) is 10.1 Å². The molecule has 19 heavy (non-hydrogen) atoms. The Hall–Kier alpha value is -1.86. The Balaban J connectivity index is 1.72. The molecule has 0 amide bonds. The SMILES string of the molecule is O=[N+]([O-])c1cc(CSc2nc3ccccc3[nH]2)cs1. The van der Waals surface area contributed by atoms with E-state index < -0.39 is 0 Å². The van der Waals surface area contributed by atoms with Crippen molar-refractivity contribution in [3.63, 3.8) is 0 Å². The number of aromatic amines is 1. The monoisotopic (exact) mass is 291 g/mol. The van der Waals surface area contributed by atoms with E-state index in [0.29, 0.717) is 5.75 Å². The van der Waals surface area contributed by atoms with Crippen LogP contribution >= 0.6 is 23.1 Å². The van der Waals surface area contributed by atoms with Crippen LogP contribution in [0.3, 0.4) is 0 Å². The maximum Gasteiger partial charge on any atom is 0.324 e. The van der Waals surface area contributed by atoms with Gasteiger partial charge in [-0.2, -0.15) is 0 Å². The second-order valence-corrected chi connectivity index (χ2v) is 5.75. The molecule has 0 fully saturated rings. The van der Waals surface area contributed by atoms with Crippen molar-refractivity contribution in [1.29, 1.82) is 0 Å². The van der Waals surface area contributed by atoms with Gasteiger partial charge < -0.3 is 4.98 Å². The van der Waals surface area contributed by atoms with Gasteiger partial charge in [-0.3, -0.25) is 10.1 Å². The molecule has 0 unspecified atom stereocenters. The Kier molecular flexibility index (Phi) is 3.22. The average Bonchev–Trinajstić information content (AvgIpc) is 3.02. The van der Waals surface area contributed by atoms with Gasteiger partial charge in [0, 0.05) is 17.2 Å². The van der Waals surface area contributed by atoms with E-state index in [9.17, 15) is 10.1 Å². The predicted molar refractivity (Wildman–Crippen MR) is 76.6 cm³/mol. The average molecular weight is 291 g/mol. The maximum atomic E-state index is 10.6. The van der Waals surface area contributed by atoms with Crippen molar-refractivity contribution < 1.29 is 4.92 Å². The van der Waals surface area contributed by atoms with E-state index in [-0.39, 0.29) is 9.92 Å². The first-order valence-corrected chi connectivity index (χ1v) is 7.38. The number of para-hydroxylation sites is 2. The lowest BCUT2D eigenvalue weighted by Gasteiger charge is -1.93. The van der Waals surface area contributed by atoms with Crippen LogP contribution in [0.5, 0.6) is 0 Å². The minimum Gasteiger partial charge on any atom is -0.333 e. The normalized spacial score (nSPS) is 10.9. The van der Waals surface area contributed by atoms with Crippen molar-refractivity contribution in [2.75, 3.05) is 0 Å². The molecule has 7 heteroatoms. The highest BCUT2D eigenvalue weighted by molar-refractivity contribution is 7.98. The molecule has 0 aliphatic heterocycles. The number of thiophene rings is 1. The fourth-order valence-corrected chi connectivity index (χ4v) is 3.33. The van der Waals surface area contributed by atoms with Gasteiger partial charge in [-0.25, -0.2) is 4.98 Å². The molecule has 2 heterocycles. The summed E-state index contributed by atoms with van der Waals surface area (Å²) in [4.78, 5) is 17.9. The Morgan fingerprint density at radius 2 is 2.26 bits per heavy atom. The highest BCUT2D eigenvalue weighted by Gasteiger charge is 2.10. The number of H-pyrrole nitrogens is 1. The standard InChI is InChI=1S/C12H9N3O2S2/c16-15(17)11-5-8(6-18-11)7-19-12-13-9-3-1-2-4-10(9)14-12/h1-6H,7H2,(H,13,14). The van der Waals surface area contributed by atoms with Crippen LogP contribution in [-0.4, -0.2) is 14.9 Å². The molecule has 3 rings (SSSR count). The van der Waals surface area contributed by atoms with Gasteiger partial charge in [-0.05, 0) is 17.7 Å². The summed E-state index contributed by atoms with van der Waals surface area (Å²) < 4.78 is 0. The van der Waals surface area contributed by atoms with Gasteiger partial charge in [-0.1, -0.05) is 35.2 Å². The lowest BCUT2D eigenvalue weighted by molar-refractivity contribution is -0.380. The third kappa shape index (κ3) is 2.61. The van der Waals surface area contributed by atoms with E-state index in [1.807, 2.05) is 29.6 Å². The van der Waals surface area contributed by atoms with Gasteiger partial charge in [0.2, 0.25) is 0 Å². The maximum absolute atomic E-state index is 10.6. The summed E-state index contributed by atoms with van der Waals surface area (Å²) in [5, 5.41) is 13.4. The topological polar surface area (TPSA) is 71.8 Å². The molecule has 96 valence electrons. The van der Waals surface area contributed by atoms with E-state index >= 15 is 0 Å². The van der Waals surface area contributed by atoms with E-state index in [1.54, 1.807) is 17.8 Å². The summed E-state index contributed by atoms with van der Waals surface area (Å²) in [6.07, 6.45) is 0. The van der Waals surface area contributed by atoms with Crippen molar-refractivity contribution in [2.45, 2.75) is 10.9 Å². The number of hydrogen-bond donors (Lipinski definition) is 1. The number of nitro groups is 1. The number of benzene rings is 1. The molecule has 0 saturated heterocycles. The molecule has 1 N–H and O–H groups in total. The van der Waals surface area contributed by atoms with Crippen LogP contribution in [0.25, 0.3) is 11.0 Å². The van der Waals surface area contributed by atoms with Crippen LogP contribution in [0.4, 0.5) is 5.00 Å². The molecule has 0 aliphatic carbocycles. The van der Waals surface area contributed by atoms with Crippen molar-refractivity contribution in [1.82, 2.24) is 9.97 Å². The van der Waals surface area contributed by atoms with Gasteiger partial charge in [0.05, 0.1) is 16.0 Å². The number of nitrogens with zero attached hydrogens (tertiary/aromatic N) is 2. The Labute approximate surface area is 116 Å². The molecule has 5 nitrogen and oxygen atoms in total. The summed E-state index contributed by atoms with van der Waals surface area (Å²) >= 11 is 2.70. The fraction of sp³-hybridized carbons (Fsp3) is 0.0833. The highest BCUT2D eigenvalue weighted by atomic mass is 32.2. The largest absolute Gasteiger partial charge is 0.333 e. The lowest BCUT2D eigenvalue weighted by Crippen LogP contribution is -1.82. The molecule has 1 aromatic carbocycles. The van der Waals surface area contributed by atoms with Crippen molar-refractivity contribution in [3.8, 4) is 0 Å². The number of imidazole rings is 1. The van der Waals surface area contributed by atoms with Gasteiger partial charge in [0.15, 0.2) is 5.16 Å². The number of hydrogen-bond acceptors (Lipinski definition) is 5. The van der Waals surface area contributed by atoms with Crippen LogP contribution < -0.4 is 0 Å². The third-order valence-electron chi connectivity index (χ3n) is 2.56. The number of rotatable bonds is 4. The zero-order valence-electron chi connectivity index (χ0n) is 9.70. The Bertz CT molecular complexity index is 702. The van der Waals surface area contributed by atoms with Gasteiger partial charge in [0.25, 0.3) is 0 Å². The highest BCUT2D eigenvalue weighted by Crippen LogP contribution is 2.28. The molecule has 0 radical (unpaired) electrons. The molecule has 0 saturated carbocycles. The fourth-order valence-electron chi connectivity index (χ4n) is 1.68. The van der Waals surface area contributed by atoms with E-state index in [4.69, 9.17) is 0 Å². The lowest BCUT2D eigenvalue weighted by atomic mass is 10.3. The van der Waals surface area contributed by atoms with Crippen molar-refractivity contribution in [2.24, 2.45) is 0 Å². The first-order valence-electron chi connectivity index (χ1n) is 5.52. The summed E-state index contributed by atoms with van der Waals surface area (Å²) in [6.45, 7) is 0. The first kappa shape index (κ1) is 12.2. The number of fused-ring (bicyclic) bond motifs is 1. The molecule has 2 aromatic heterocycles. The van der Waals surface area contributed by atoms with Crippen LogP contribution in [0.15, 0.2) is 40.9 Å². The molecular formula is C12H9N3O2S2. The van der Waals surface area contributed by atoms with Crippen LogP contribution in [0.1, 0.15) is 5.56 Å². The smallest absolute Gasteiger partial charge is 0.324 e. The predicted octanol–water partition coefficient (Wildman–Crippen LogP) is 3.82. The number of nitrogens with one attached hydrogen (secondary N) is 1.